The number of amidine groups is 1. The summed E-state index contributed by atoms with van der Waals surface area (Å²) in [7, 11) is 0. The maximum atomic E-state index is 12.5. The number of hydrogen-bond acceptors (Lipinski definition) is 3. The van der Waals surface area contributed by atoms with Gasteiger partial charge >= 0.3 is 0 Å². The molecule has 4 N–H and O–H groups in total. The molecule has 0 saturated carbocycles. The van der Waals surface area contributed by atoms with Gasteiger partial charge in [-0.05, 0) is 32.1 Å². The first-order valence-electron chi connectivity index (χ1n) is 7.62. The van der Waals surface area contributed by atoms with E-state index in [0.29, 0.717) is 18.8 Å². The van der Waals surface area contributed by atoms with Crippen molar-refractivity contribution in [3.05, 3.63) is 0 Å². The molecule has 0 fully saturated rings. The highest BCUT2D eigenvalue weighted by molar-refractivity contribution is 6.06. The first kappa shape index (κ1) is 18.7. The molecule has 1 unspecified atom stereocenters. The van der Waals surface area contributed by atoms with Crippen molar-refractivity contribution in [1.82, 2.24) is 5.32 Å². The summed E-state index contributed by atoms with van der Waals surface area (Å²) < 4.78 is 0. The number of hydrogen-bond donors (Lipinski definition) is 3. The molecule has 20 heavy (non-hydrogen) atoms. The average molecular weight is 285 g/mol. The molecule has 118 valence electrons. The van der Waals surface area contributed by atoms with E-state index in [9.17, 15) is 4.79 Å². The summed E-state index contributed by atoms with van der Waals surface area (Å²) in [5.41, 5.74) is 4.83. The summed E-state index contributed by atoms with van der Waals surface area (Å²) >= 11 is 0. The van der Waals surface area contributed by atoms with E-state index >= 15 is 0 Å². The summed E-state index contributed by atoms with van der Waals surface area (Å²) in [6, 6.07) is 0.102. The summed E-state index contributed by atoms with van der Waals surface area (Å²) in [5, 5.41) is 15.0. The quantitative estimate of drug-likeness (QED) is 0.263. The van der Waals surface area contributed by atoms with Gasteiger partial charge in [0.1, 0.15) is 5.41 Å². The minimum absolute atomic E-state index is 0.00520. The topological polar surface area (TPSA) is 87.7 Å². The normalized spacial score (nSPS) is 14.4. The van der Waals surface area contributed by atoms with Crippen molar-refractivity contribution in [3.63, 3.8) is 0 Å². The lowest BCUT2D eigenvalue weighted by Gasteiger charge is -2.30. The van der Waals surface area contributed by atoms with Gasteiger partial charge in [0, 0.05) is 6.04 Å². The second-order valence-corrected chi connectivity index (χ2v) is 5.97. The largest absolute Gasteiger partial charge is 0.409 e. The summed E-state index contributed by atoms with van der Waals surface area (Å²) in [5.74, 6) is 0.532. The lowest BCUT2D eigenvalue weighted by Crippen LogP contribution is -2.51. The highest BCUT2D eigenvalue weighted by atomic mass is 16.4. The van der Waals surface area contributed by atoms with Crippen LogP contribution in [0.2, 0.25) is 0 Å². The molecule has 0 aromatic carbocycles. The molecule has 0 aliphatic rings. The van der Waals surface area contributed by atoms with Crippen LogP contribution in [0.1, 0.15) is 66.7 Å². The number of nitrogens with two attached hydrogens (primary N) is 1. The van der Waals surface area contributed by atoms with E-state index in [1.807, 2.05) is 20.8 Å². The van der Waals surface area contributed by atoms with E-state index in [1.165, 1.54) is 0 Å². The lowest BCUT2D eigenvalue weighted by molar-refractivity contribution is -0.128. The van der Waals surface area contributed by atoms with Gasteiger partial charge in [-0.15, -0.1) is 0 Å². The van der Waals surface area contributed by atoms with Crippen LogP contribution in [0.5, 0.6) is 0 Å². The molecule has 5 nitrogen and oxygen atoms in total. The number of carbonyl (C=O) groups excluding carboxylic acids is 1. The van der Waals surface area contributed by atoms with Crippen LogP contribution >= 0.6 is 0 Å². The van der Waals surface area contributed by atoms with Crippen molar-refractivity contribution in [2.24, 2.45) is 22.2 Å². The van der Waals surface area contributed by atoms with Gasteiger partial charge in [0.05, 0.1) is 0 Å². The number of nitrogens with zero attached hydrogens (tertiary/aromatic N) is 1. The Balaban J connectivity index is 4.62. The first-order valence-corrected chi connectivity index (χ1v) is 7.62. The molecule has 0 bridgehead atoms. The third kappa shape index (κ3) is 5.02. The summed E-state index contributed by atoms with van der Waals surface area (Å²) in [6.07, 6.45) is 4.23. The van der Waals surface area contributed by atoms with Gasteiger partial charge in [-0.25, -0.2) is 0 Å². The molecular weight excluding hydrogens is 254 g/mol. The molecule has 0 rings (SSSR count). The smallest absolute Gasteiger partial charge is 0.234 e. The van der Waals surface area contributed by atoms with Crippen molar-refractivity contribution in [1.29, 1.82) is 0 Å². The second-order valence-electron chi connectivity index (χ2n) is 5.97. The maximum Gasteiger partial charge on any atom is 0.234 e. The van der Waals surface area contributed by atoms with E-state index in [0.717, 1.165) is 19.3 Å². The van der Waals surface area contributed by atoms with Crippen molar-refractivity contribution in [2.75, 3.05) is 0 Å². The molecule has 0 aliphatic carbocycles. The fourth-order valence-corrected chi connectivity index (χ4v) is 2.41. The van der Waals surface area contributed by atoms with E-state index in [2.05, 4.69) is 24.3 Å². The fraction of sp³-hybridized carbons (Fsp3) is 0.867. The van der Waals surface area contributed by atoms with E-state index < -0.39 is 5.41 Å². The maximum absolute atomic E-state index is 12.5. The van der Waals surface area contributed by atoms with E-state index in [4.69, 9.17) is 10.9 Å². The fourth-order valence-electron chi connectivity index (χ4n) is 2.41. The molecule has 0 radical (unpaired) electrons. The Hall–Kier alpha value is -1.26. The third-order valence-electron chi connectivity index (χ3n) is 4.04. The van der Waals surface area contributed by atoms with Gasteiger partial charge in [-0.3, -0.25) is 4.79 Å². The zero-order chi connectivity index (χ0) is 15.8. The standard InChI is InChI=1S/C15H31N3O2/c1-6-15(7-2,13(16)18-20)14(19)17-12(5)10-8-9-11(3)4/h11-12,20H,6-10H2,1-5H3,(H2,16,18)(H,17,19). The van der Waals surface area contributed by atoms with Gasteiger partial charge in [-0.1, -0.05) is 45.7 Å². The highest BCUT2D eigenvalue weighted by Crippen LogP contribution is 2.27. The Morgan fingerprint density at radius 1 is 1.25 bits per heavy atom. The molecule has 0 aromatic heterocycles. The molecule has 5 heteroatoms. The van der Waals surface area contributed by atoms with Crippen LogP contribution in [0.25, 0.3) is 0 Å². The van der Waals surface area contributed by atoms with E-state index in [-0.39, 0.29) is 17.8 Å². The first-order chi connectivity index (χ1) is 9.33. The SMILES string of the molecule is CCC(CC)(C(=O)NC(C)CCCC(C)C)C(N)=NO. The lowest BCUT2D eigenvalue weighted by atomic mass is 9.80. The van der Waals surface area contributed by atoms with Crippen LogP contribution in [0, 0.1) is 11.3 Å². The molecule has 0 aliphatic heterocycles. The predicted molar refractivity (Wildman–Crippen MR) is 82.7 cm³/mol. The Kier molecular flexibility index (Phi) is 8.26. The molecule has 0 aromatic rings. The highest BCUT2D eigenvalue weighted by Gasteiger charge is 2.40. The van der Waals surface area contributed by atoms with Gasteiger partial charge in [-0.2, -0.15) is 0 Å². The van der Waals surface area contributed by atoms with E-state index in [1.54, 1.807) is 0 Å². The van der Waals surface area contributed by atoms with Crippen molar-refractivity contribution in [3.8, 4) is 0 Å². The van der Waals surface area contributed by atoms with Crippen LogP contribution < -0.4 is 11.1 Å². The molecule has 1 amide bonds. The Labute approximate surface area is 123 Å². The van der Waals surface area contributed by atoms with Crippen molar-refractivity contribution < 1.29 is 10.0 Å². The number of nitrogens with one attached hydrogen (secondary N) is 1. The Bertz CT molecular complexity index is 323. The summed E-state index contributed by atoms with van der Waals surface area (Å²) in [4.78, 5) is 12.5. The minimum atomic E-state index is -0.902. The van der Waals surface area contributed by atoms with Crippen LogP contribution in [0.4, 0.5) is 0 Å². The van der Waals surface area contributed by atoms with Crippen LogP contribution in [-0.2, 0) is 4.79 Å². The van der Waals surface area contributed by atoms with Gasteiger partial charge in [0.15, 0.2) is 5.84 Å². The third-order valence-corrected chi connectivity index (χ3v) is 4.04. The van der Waals surface area contributed by atoms with Crippen LogP contribution in [0.15, 0.2) is 5.16 Å². The second kappa shape index (κ2) is 8.82. The zero-order valence-electron chi connectivity index (χ0n) is 13.6. The molecule has 0 spiro atoms. The minimum Gasteiger partial charge on any atom is -0.409 e. The number of carbonyl (C=O) groups is 1. The van der Waals surface area contributed by atoms with Crippen molar-refractivity contribution >= 4 is 11.7 Å². The molecular formula is C15H31N3O2. The number of rotatable bonds is 9. The number of oxime groups is 1. The van der Waals surface area contributed by atoms with Gasteiger partial charge in [0.25, 0.3) is 0 Å². The number of amides is 1. The summed E-state index contributed by atoms with van der Waals surface area (Å²) in [6.45, 7) is 10.2. The van der Waals surface area contributed by atoms with Crippen molar-refractivity contribution in [2.45, 2.75) is 72.8 Å². The predicted octanol–water partition coefficient (Wildman–Crippen LogP) is 2.87. The van der Waals surface area contributed by atoms with Crippen LogP contribution in [0.3, 0.4) is 0 Å². The average Bonchev–Trinajstić information content (AvgIpc) is 2.39. The van der Waals surface area contributed by atoms with Crippen LogP contribution in [-0.4, -0.2) is 23.0 Å². The molecule has 0 saturated heterocycles. The zero-order valence-corrected chi connectivity index (χ0v) is 13.6. The Morgan fingerprint density at radius 2 is 1.80 bits per heavy atom. The Morgan fingerprint density at radius 3 is 2.20 bits per heavy atom. The van der Waals surface area contributed by atoms with Gasteiger partial charge < -0.3 is 16.3 Å². The van der Waals surface area contributed by atoms with Gasteiger partial charge in [0.2, 0.25) is 5.91 Å². The monoisotopic (exact) mass is 285 g/mol. The molecule has 1 atom stereocenters. The molecule has 0 heterocycles.